The summed E-state index contributed by atoms with van der Waals surface area (Å²) in [6.07, 6.45) is 19.5. The Hall–Kier alpha value is -0.570. The number of carbonyl (C=O) groups excluding carboxylic acids is 1. The largest absolute Gasteiger partial charge is 0.469 e. The fourth-order valence-corrected chi connectivity index (χ4v) is 3.53. The predicted octanol–water partition coefficient (Wildman–Crippen LogP) is 5.23. The van der Waals surface area contributed by atoms with E-state index in [4.69, 9.17) is 4.74 Å². The molecule has 136 valence electrons. The summed E-state index contributed by atoms with van der Waals surface area (Å²) in [6, 6.07) is 0. The molecule has 0 bridgehead atoms. The van der Waals surface area contributed by atoms with E-state index in [1.165, 1.54) is 90.6 Å². The van der Waals surface area contributed by atoms with E-state index in [2.05, 4.69) is 5.32 Å². The molecule has 0 aromatic heterocycles. The Bertz CT molecular complexity index is 261. The molecular formula is C20H39NO2. The first-order valence-corrected chi connectivity index (χ1v) is 10.1. The molecule has 1 atom stereocenters. The lowest BCUT2D eigenvalue weighted by molar-refractivity contribution is -0.145. The first-order chi connectivity index (χ1) is 11.3. The van der Waals surface area contributed by atoms with Gasteiger partial charge in [-0.25, -0.2) is 0 Å². The molecular weight excluding hydrogens is 286 g/mol. The number of hydrogen-bond donors (Lipinski definition) is 1. The monoisotopic (exact) mass is 325 g/mol. The molecule has 1 unspecified atom stereocenters. The third kappa shape index (κ3) is 11.6. The van der Waals surface area contributed by atoms with Gasteiger partial charge in [0.2, 0.25) is 0 Å². The molecule has 1 N–H and O–H groups in total. The summed E-state index contributed by atoms with van der Waals surface area (Å²) < 4.78 is 4.97. The highest BCUT2D eigenvalue weighted by Crippen LogP contribution is 2.17. The lowest BCUT2D eigenvalue weighted by atomic mass is 9.97. The molecule has 0 radical (unpaired) electrons. The van der Waals surface area contributed by atoms with Gasteiger partial charge in [-0.2, -0.15) is 0 Å². The van der Waals surface area contributed by atoms with Crippen LogP contribution in [0.2, 0.25) is 0 Å². The van der Waals surface area contributed by atoms with Crippen molar-refractivity contribution in [2.45, 2.75) is 96.3 Å². The van der Waals surface area contributed by atoms with Crippen LogP contribution in [0.4, 0.5) is 0 Å². The van der Waals surface area contributed by atoms with Crippen molar-refractivity contribution in [3.8, 4) is 0 Å². The second-order valence-electron chi connectivity index (χ2n) is 7.14. The van der Waals surface area contributed by atoms with Gasteiger partial charge in [0, 0.05) is 0 Å². The summed E-state index contributed by atoms with van der Waals surface area (Å²) in [5.74, 6) is 0.0762. The third-order valence-electron chi connectivity index (χ3n) is 5.11. The van der Waals surface area contributed by atoms with Crippen molar-refractivity contribution in [1.29, 1.82) is 0 Å². The summed E-state index contributed by atoms with van der Waals surface area (Å²) in [4.78, 5) is 11.9. The van der Waals surface area contributed by atoms with Gasteiger partial charge >= 0.3 is 5.97 Å². The number of rotatable bonds is 1. The number of nitrogens with one attached hydrogen (secondary N) is 1. The second-order valence-corrected chi connectivity index (χ2v) is 7.14. The van der Waals surface area contributed by atoms with E-state index in [9.17, 15) is 4.79 Å². The molecule has 0 aliphatic carbocycles. The number of carbonyl (C=O) groups is 1. The van der Waals surface area contributed by atoms with E-state index < -0.39 is 0 Å². The first kappa shape index (κ1) is 20.5. The van der Waals surface area contributed by atoms with Crippen LogP contribution in [-0.2, 0) is 9.53 Å². The van der Waals surface area contributed by atoms with Gasteiger partial charge in [-0.3, -0.25) is 4.79 Å². The summed E-state index contributed by atoms with van der Waals surface area (Å²) in [5.41, 5.74) is 0. The van der Waals surface area contributed by atoms with Crippen LogP contribution in [0.1, 0.15) is 96.3 Å². The van der Waals surface area contributed by atoms with Gasteiger partial charge in [0.1, 0.15) is 0 Å². The molecule has 0 saturated carbocycles. The molecule has 23 heavy (non-hydrogen) atoms. The van der Waals surface area contributed by atoms with Crippen molar-refractivity contribution in [1.82, 2.24) is 5.32 Å². The molecule has 3 heteroatoms. The zero-order chi connectivity index (χ0) is 16.6. The maximum Gasteiger partial charge on any atom is 0.308 e. The highest BCUT2D eigenvalue weighted by atomic mass is 16.5. The predicted molar refractivity (Wildman–Crippen MR) is 97.6 cm³/mol. The second kappa shape index (κ2) is 15.0. The highest BCUT2D eigenvalue weighted by Gasteiger charge is 2.18. The Balaban J connectivity index is 2.28. The van der Waals surface area contributed by atoms with Gasteiger partial charge in [0.25, 0.3) is 0 Å². The molecule has 1 heterocycles. The number of ether oxygens (including phenoxy) is 1. The lowest BCUT2D eigenvalue weighted by Crippen LogP contribution is -2.24. The van der Waals surface area contributed by atoms with E-state index in [1.54, 1.807) is 0 Å². The van der Waals surface area contributed by atoms with Gasteiger partial charge in [-0.05, 0) is 32.4 Å². The average molecular weight is 326 g/mol. The molecule has 1 fully saturated rings. The van der Waals surface area contributed by atoms with Crippen molar-refractivity contribution in [2.24, 2.45) is 5.92 Å². The summed E-state index contributed by atoms with van der Waals surface area (Å²) in [6.45, 7) is 2.04. The Morgan fingerprint density at radius 1 is 0.696 bits per heavy atom. The zero-order valence-corrected chi connectivity index (χ0v) is 15.4. The summed E-state index contributed by atoms with van der Waals surface area (Å²) in [7, 11) is 1.52. The van der Waals surface area contributed by atoms with Crippen LogP contribution < -0.4 is 5.32 Å². The minimum atomic E-state index is -0.0160. The maximum absolute atomic E-state index is 11.9. The number of hydrogen-bond acceptors (Lipinski definition) is 3. The Labute approximate surface area is 143 Å². The molecule has 0 aromatic rings. The molecule has 0 amide bonds. The first-order valence-electron chi connectivity index (χ1n) is 10.1. The number of methoxy groups -OCH3 is 1. The van der Waals surface area contributed by atoms with Gasteiger partial charge in [-0.1, -0.05) is 77.0 Å². The van der Waals surface area contributed by atoms with Crippen molar-refractivity contribution < 1.29 is 9.53 Å². The smallest absolute Gasteiger partial charge is 0.308 e. The van der Waals surface area contributed by atoms with Crippen molar-refractivity contribution in [3.63, 3.8) is 0 Å². The quantitative estimate of drug-likeness (QED) is 0.671. The standard InChI is InChI=1S/C20H39NO2/c1-23-20(22)19-15-13-11-9-7-5-3-2-4-6-8-10-12-14-17-21-18-16-19/h19,21H,2-18H2,1H3. The van der Waals surface area contributed by atoms with E-state index in [-0.39, 0.29) is 11.9 Å². The SMILES string of the molecule is COC(=O)C1CCCCCCCCCCCCCCCNCC1. The summed E-state index contributed by atoms with van der Waals surface area (Å²) in [5, 5.41) is 3.50. The fraction of sp³-hybridized carbons (Fsp3) is 0.950. The van der Waals surface area contributed by atoms with Crippen molar-refractivity contribution in [2.75, 3.05) is 20.2 Å². The molecule has 0 spiro atoms. The summed E-state index contributed by atoms with van der Waals surface area (Å²) >= 11 is 0. The van der Waals surface area contributed by atoms with Gasteiger partial charge in [-0.15, -0.1) is 0 Å². The van der Waals surface area contributed by atoms with Crippen molar-refractivity contribution >= 4 is 5.97 Å². The van der Waals surface area contributed by atoms with Gasteiger partial charge in [0.05, 0.1) is 13.0 Å². The molecule has 1 saturated heterocycles. The fourth-order valence-electron chi connectivity index (χ4n) is 3.53. The van der Waals surface area contributed by atoms with Crippen LogP contribution in [0.3, 0.4) is 0 Å². The Morgan fingerprint density at radius 2 is 1.17 bits per heavy atom. The maximum atomic E-state index is 11.9. The topological polar surface area (TPSA) is 38.3 Å². The van der Waals surface area contributed by atoms with Crippen LogP contribution in [0.25, 0.3) is 0 Å². The van der Waals surface area contributed by atoms with E-state index in [1.807, 2.05) is 0 Å². The third-order valence-corrected chi connectivity index (χ3v) is 5.11. The Kier molecular flexibility index (Phi) is 13.3. The van der Waals surface area contributed by atoms with Crippen LogP contribution in [0.15, 0.2) is 0 Å². The molecule has 3 nitrogen and oxygen atoms in total. The Morgan fingerprint density at radius 3 is 1.70 bits per heavy atom. The van der Waals surface area contributed by atoms with Crippen LogP contribution in [0, 0.1) is 5.92 Å². The highest BCUT2D eigenvalue weighted by molar-refractivity contribution is 5.72. The zero-order valence-electron chi connectivity index (χ0n) is 15.4. The molecule has 0 aromatic carbocycles. The van der Waals surface area contributed by atoms with Gasteiger partial charge < -0.3 is 10.1 Å². The van der Waals surface area contributed by atoms with Crippen molar-refractivity contribution in [3.05, 3.63) is 0 Å². The van der Waals surface area contributed by atoms with E-state index >= 15 is 0 Å². The minimum absolute atomic E-state index is 0.0160. The normalized spacial score (nSPS) is 24.8. The van der Waals surface area contributed by atoms with E-state index in [0.717, 1.165) is 25.9 Å². The van der Waals surface area contributed by atoms with Crippen LogP contribution >= 0.6 is 0 Å². The van der Waals surface area contributed by atoms with Crippen LogP contribution in [-0.4, -0.2) is 26.2 Å². The minimum Gasteiger partial charge on any atom is -0.469 e. The lowest BCUT2D eigenvalue weighted by Gasteiger charge is -2.15. The van der Waals surface area contributed by atoms with Crippen LogP contribution in [0.5, 0.6) is 0 Å². The van der Waals surface area contributed by atoms with E-state index in [0.29, 0.717) is 0 Å². The van der Waals surface area contributed by atoms with Gasteiger partial charge in [0.15, 0.2) is 0 Å². The average Bonchev–Trinajstić information content (AvgIpc) is 2.57. The number of esters is 1. The molecule has 1 rings (SSSR count). The molecule has 1 aliphatic heterocycles. The molecule has 1 aliphatic rings.